The molecule has 242 valence electrons. The maximum atomic E-state index is 13.2. The molecule has 2 rings (SSSR count). The molecule has 2 aromatic carbocycles. The van der Waals surface area contributed by atoms with E-state index in [2.05, 4.69) is 26.0 Å². The summed E-state index contributed by atoms with van der Waals surface area (Å²) in [7, 11) is 0. The first-order chi connectivity index (χ1) is 21.8. The van der Waals surface area contributed by atoms with Crippen LogP contribution < -0.4 is 16.0 Å². The molecular formula is C30H38N6O9. The number of azide groups is 1. The summed E-state index contributed by atoms with van der Waals surface area (Å²) in [6.07, 6.45) is -1.03. The smallest absolute Gasteiger partial charge is 0.308 e. The van der Waals surface area contributed by atoms with Gasteiger partial charge in [0.05, 0.1) is 39.3 Å². The molecule has 0 saturated carbocycles. The van der Waals surface area contributed by atoms with Crippen LogP contribution in [0.1, 0.15) is 30.9 Å². The Hall–Kier alpha value is -4.98. The van der Waals surface area contributed by atoms with Crippen LogP contribution in [-0.4, -0.2) is 81.3 Å². The SMILES string of the molecule is CC(=O)N[C@@H](CC(=O)OCc1ccccc1)C(=O)N[C@H](CC(=O)OCc1ccccc1)C(=O)NCCOCCOCCN=[N+]=[N-]. The van der Waals surface area contributed by atoms with Crippen molar-refractivity contribution in [2.75, 3.05) is 39.5 Å². The monoisotopic (exact) mass is 626 g/mol. The number of nitrogens with one attached hydrogen (secondary N) is 3. The Balaban J connectivity index is 1.96. The number of nitrogens with zero attached hydrogens (tertiary/aromatic N) is 3. The van der Waals surface area contributed by atoms with E-state index >= 15 is 0 Å². The van der Waals surface area contributed by atoms with Gasteiger partial charge in [0, 0.05) is 24.9 Å². The molecular weight excluding hydrogens is 588 g/mol. The zero-order valence-corrected chi connectivity index (χ0v) is 25.0. The predicted molar refractivity (Wildman–Crippen MR) is 160 cm³/mol. The van der Waals surface area contributed by atoms with Crippen molar-refractivity contribution in [2.45, 2.75) is 45.1 Å². The average molecular weight is 627 g/mol. The molecule has 0 aromatic heterocycles. The van der Waals surface area contributed by atoms with E-state index in [1.165, 1.54) is 6.92 Å². The second-order valence-corrected chi connectivity index (χ2v) is 9.49. The molecule has 0 aliphatic heterocycles. The Labute approximate surface area is 260 Å². The van der Waals surface area contributed by atoms with E-state index in [1.807, 2.05) is 12.1 Å². The number of rotatable bonds is 21. The number of amides is 3. The first-order valence-corrected chi connectivity index (χ1v) is 14.2. The minimum absolute atomic E-state index is 0.0314. The molecule has 45 heavy (non-hydrogen) atoms. The van der Waals surface area contributed by atoms with Gasteiger partial charge in [0.25, 0.3) is 0 Å². The van der Waals surface area contributed by atoms with Gasteiger partial charge < -0.3 is 34.9 Å². The molecule has 0 aliphatic rings. The van der Waals surface area contributed by atoms with Crippen LogP contribution in [0.15, 0.2) is 65.8 Å². The van der Waals surface area contributed by atoms with E-state index in [1.54, 1.807) is 48.5 Å². The van der Waals surface area contributed by atoms with Crippen molar-refractivity contribution in [3.05, 3.63) is 82.2 Å². The van der Waals surface area contributed by atoms with E-state index < -0.39 is 54.6 Å². The number of carbonyl (C=O) groups is 5. The predicted octanol–water partition coefficient (Wildman–Crippen LogP) is 1.70. The summed E-state index contributed by atoms with van der Waals surface area (Å²) in [6.45, 7) is 2.17. The van der Waals surface area contributed by atoms with Gasteiger partial charge in [-0.25, -0.2) is 0 Å². The van der Waals surface area contributed by atoms with E-state index in [0.717, 1.165) is 11.1 Å². The molecule has 0 heterocycles. The molecule has 0 fully saturated rings. The number of benzene rings is 2. The van der Waals surface area contributed by atoms with Crippen LogP contribution in [0.25, 0.3) is 10.4 Å². The standard InChI is InChI=1S/C30H38N6O9/c1-22(37)34-26(19-28(39)45-21-24-10-6-3-7-11-24)30(41)35-25(18-27(38)44-20-23-8-4-2-5-9-23)29(40)32-12-14-42-16-17-43-15-13-33-36-31/h2-11,25-26H,12-21H2,1H3,(H,32,40)(H,34,37)(H,35,41)/t25-,26+/m1/s1. The minimum Gasteiger partial charge on any atom is -0.461 e. The Morgan fingerprint density at radius 1 is 0.733 bits per heavy atom. The van der Waals surface area contributed by atoms with Crippen LogP contribution in [0.4, 0.5) is 0 Å². The third kappa shape index (κ3) is 16.4. The van der Waals surface area contributed by atoms with E-state index in [0.29, 0.717) is 0 Å². The molecule has 2 aromatic rings. The zero-order valence-electron chi connectivity index (χ0n) is 25.0. The van der Waals surface area contributed by atoms with Gasteiger partial charge in [-0.1, -0.05) is 65.8 Å². The lowest BCUT2D eigenvalue weighted by molar-refractivity contribution is -0.149. The number of ether oxygens (including phenoxy) is 4. The maximum absolute atomic E-state index is 13.2. The summed E-state index contributed by atoms with van der Waals surface area (Å²) >= 11 is 0. The highest BCUT2D eigenvalue weighted by atomic mass is 16.5. The van der Waals surface area contributed by atoms with Crippen LogP contribution in [0.3, 0.4) is 0 Å². The molecule has 0 bridgehead atoms. The largest absolute Gasteiger partial charge is 0.461 e. The Kier molecular flexibility index (Phi) is 17.4. The summed E-state index contributed by atoms with van der Waals surface area (Å²) in [5.74, 6) is -3.68. The van der Waals surface area contributed by atoms with Gasteiger partial charge in [-0.2, -0.15) is 0 Å². The quantitative estimate of drug-likeness (QED) is 0.0605. The van der Waals surface area contributed by atoms with Crippen molar-refractivity contribution >= 4 is 29.7 Å². The fourth-order valence-electron chi connectivity index (χ4n) is 3.71. The summed E-state index contributed by atoms with van der Waals surface area (Å²) < 4.78 is 21.1. The highest BCUT2D eigenvalue weighted by Crippen LogP contribution is 2.07. The van der Waals surface area contributed by atoms with E-state index in [9.17, 15) is 24.0 Å². The third-order valence-electron chi connectivity index (χ3n) is 5.87. The fraction of sp³-hybridized carbons (Fsp3) is 0.433. The molecule has 15 nitrogen and oxygen atoms in total. The van der Waals surface area contributed by atoms with Crippen molar-refractivity contribution in [1.29, 1.82) is 0 Å². The fourth-order valence-corrected chi connectivity index (χ4v) is 3.71. The number of esters is 2. The third-order valence-corrected chi connectivity index (χ3v) is 5.87. The lowest BCUT2D eigenvalue weighted by Crippen LogP contribution is -2.55. The number of carbonyl (C=O) groups excluding carboxylic acids is 5. The Morgan fingerprint density at radius 3 is 1.76 bits per heavy atom. The van der Waals surface area contributed by atoms with E-state index in [-0.39, 0.29) is 52.7 Å². The summed E-state index contributed by atoms with van der Waals surface area (Å²) in [4.78, 5) is 65.8. The molecule has 15 heteroatoms. The zero-order chi connectivity index (χ0) is 32.7. The van der Waals surface area contributed by atoms with Gasteiger partial charge in [0.1, 0.15) is 25.3 Å². The topological polar surface area (TPSA) is 207 Å². The maximum Gasteiger partial charge on any atom is 0.308 e. The van der Waals surface area contributed by atoms with Gasteiger partial charge in [-0.15, -0.1) is 0 Å². The molecule has 0 saturated heterocycles. The lowest BCUT2D eigenvalue weighted by Gasteiger charge is -2.22. The molecule has 0 aliphatic carbocycles. The van der Waals surface area contributed by atoms with Gasteiger partial charge in [-0.05, 0) is 16.7 Å². The van der Waals surface area contributed by atoms with Crippen molar-refractivity contribution in [1.82, 2.24) is 16.0 Å². The van der Waals surface area contributed by atoms with Gasteiger partial charge in [0.2, 0.25) is 17.7 Å². The molecule has 3 N–H and O–H groups in total. The molecule has 0 spiro atoms. The summed E-state index contributed by atoms with van der Waals surface area (Å²) in [5.41, 5.74) is 9.70. The Bertz CT molecular complexity index is 1270. The van der Waals surface area contributed by atoms with Gasteiger partial charge >= 0.3 is 11.9 Å². The van der Waals surface area contributed by atoms with Crippen molar-refractivity contribution < 1.29 is 42.9 Å². The van der Waals surface area contributed by atoms with Crippen LogP contribution in [-0.2, 0) is 56.1 Å². The van der Waals surface area contributed by atoms with Crippen LogP contribution >= 0.6 is 0 Å². The van der Waals surface area contributed by atoms with Crippen molar-refractivity contribution in [2.24, 2.45) is 5.11 Å². The summed E-state index contributed by atoms with van der Waals surface area (Å²) in [5, 5.41) is 10.8. The second kappa shape index (κ2) is 21.7. The van der Waals surface area contributed by atoms with Gasteiger partial charge in [0.15, 0.2) is 0 Å². The first kappa shape index (κ1) is 36.2. The van der Waals surface area contributed by atoms with Gasteiger partial charge in [-0.3, -0.25) is 24.0 Å². The highest BCUT2D eigenvalue weighted by molar-refractivity contribution is 5.95. The first-order valence-electron chi connectivity index (χ1n) is 14.2. The second-order valence-electron chi connectivity index (χ2n) is 9.49. The average Bonchev–Trinajstić information content (AvgIpc) is 3.03. The normalized spacial score (nSPS) is 11.7. The highest BCUT2D eigenvalue weighted by Gasteiger charge is 2.30. The molecule has 3 amide bonds. The molecule has 2 atom stereocenters. The lowest BCUT2D eigenvalue weighted by atomic mass is 10.1. The summed E-state index contributed by atoms with van der Waals surface area (Å²) in [6, 6.07) is 15.0. The minimum atomic E-state index is -1.39. The van der Waals surface area contributed by atoms with Crippen LogP contribution in [0, 0.1) is 0 Å². The number of hydrogen-bond acceptors (Lipinski definition) is 10. The molecule has 0 radical (unpaired) electrons. The van der Waals surface area contributed by atoms with E-state index in [4.69, 9.17) is 24.5 Å². The van der Waals surface area contributed by atoms with Crippen molar-refractivity contribution in [3.8, 4) is 0 Å². The van der Waals surface area contributed by atoms with Crippen LogP contribution in [0.2, 0.25) is 0 Å². The molecule has 0 unspecified atom stereocenters. The Morgan fingerprint density at radius 2 is 1.24 bits per heavy atom. The number of hydrogen-bond donors (Lipinski definition) is 3. The van der Waals surface area contributed by atoms with Crippen molar-refractivity contribution in [3.63, 3.8) is 0 Å². The van der Waals surface area contributed by atoms with Crippen LogP contribution in [0.5, 0.6) is 0 Å².